The van der Waals surface area contributed by atoms with Crippen molar-refractivity contribution in [3.63, 3.8) is 0 Å². The molecule has 2 rings (SSSR count). The van der Waals surface area contributed by atoms with Gasteiger partial charge in [0.2, 0.25) is 0 Å². The Bertz CT molecular complexity index is 389. The van der Waals surface area contributed by atoms with Crippen LogP contribution in [0.2, 0.25) is 0 Å². The molecule has 0 spiro atoms. The highest BCUT2D eigenvalue weighted by Gasteiger charge is 2.25. The van der Waals surface area contributed by atoms with Crippen LogP contribution in [0.15, 0.2) is 24.3 Å². The van der Waals surface area contributed by atoms with E-state index in [2.05, 4.69) is 55.3 Å². The Morgan fingerprint density at radius 3 is 2.79 bits per heavy atom. The topological polar surface area (TPSA) is 15.3 Å². The molecule has 0 radical (unpaired) electrons. The first-order valence-electron chi connectivity index (χ1n) is 7.76. The SMILES string of the molecule is CCC1CN(CCc2cccc(C)c2)C(CC)CN1. The normalized spacial score (nSPS) is 24.6. The van der Waals surface area contributed by atoms with Crippen LogP contribution in [0.3, 0.4) is 0 Å². The maximum atomic E-state index is 3.67. The molecule has 19 heavy (non-hydrogen) atoms. The second kappa shape index (κ2) is 7.06. The van der Waals surface area contributed by atoms with E-state index in [1.165, 1.54) is 43.5 Å². The Hall–Kier alpha value is -0.860. The van der Waals surface area contributed by atoms with Crippen LogP contribution in [0, 0.1) is 6.92 Å². The van der Waals surface area contributed by atoms with Crippen LogP contribution >= 0.6 is 0 Å². The fraction of sp³-hybridized carbons (Fsp3) is 0.647. The minimum absolute atomic E-state index is 0.681. The van der Waals surface area contributed by atoms with Crippen molar-refractivity contribution in [3.8, 4) is 0 Å². The minimum atomic E-state index is 0.681. The van der Waals surface area contributed by atoms with Crippen molar-refractivity contribution < 1.29 is 0 Å². The number of nitrogens with zero attached hydrogens (tertiary/aromatic N) is 1. The van der Waals surface area contributed by atoms with E-state index in [1.54, 1.807) is 0 Å². The van der Waals surface area contributed by atoms with E-state index in [4.69, 9.17) is 0 Å². The van der Waals surface area contributed by atoms with E-state index < -0.39 is 0 Å². The Balaban J connectivity index is 1.92. The molecule has 1 aromatic carbocycles. The first-order valence-corrected chi connectivity index (χ1v) is 7.76. The molecular formula is C17H28N2. The van der Waals surface area contributed by atoms with E-state index in [0.717, 1.165) is 6.54 Å². The van der Waals surface area contributed by atoms with Gasteiger partial charge in [-0.3, -0.25) is 4.90 Å². The van der Waals surface area contributed by atoms with E-state index in [1.807, 2.05) is 0 Å². The van der Waals surface area contributed by atoms with Gasteiger partial charge in [-0.25, -0.2) is 0 Å². The molecule has 1 fully saturated rings. The molecule has 1 N–H and O–H groups in total. The maximum absolute atomic E-state index is 3.67. The lowest BCUT2D eigenvalue weighted by Crippen LogP contribution is -2.56. The number of piperazine rings is 1. The number of aryl methyl sites for hydroxylation is 1. The molecule has 1 saturated heterocycles. The summed E-state index contributed by atoms with van der Waals surface area (Å²) in [7, 11) is 0. The van der Waals surface area contributed by atoms with Crippen molar-refractivity contribution >= 4 is 0 Å². The van der Waals surface area contributed by atoms with Crippen molar-refractivity contribution in [2.24, 2.45) is 0 Å². The van der Waals surface area contributed by atoms with E-state index >= 15 is 0 Å². The molecule has 1 aliphatic heterocycles. The van der Waals surface area contributed by atoms with Gasteiger partial charge in [-0.2, -0.15) is 0 Å². The van der Waals surface area contributed by atoms with Gasteiger partial charge in [0.25, 0.3) is 0 Å². The number of nitrogens with one attached hydrogen (secondary N) is 1. The second-order valence-electron chi connectivity index (χ2n) is 5.81. The lowest BCUT2D eigenvalue weighted by Gasteiger charge is -2.40. The van der Waals surface area contributed by atoms with Crippen molar-refractivity contribution in [3.05, 3.63) is 35.4 Å². The average Bonchev–Trinajstić information content (AvgIpc) is 2.45. The molecule has 0 saturated carbocycles. The maximum Gasteiger partial charge on any atom is 0.0218 e. The molecule has 1 aliphatic rings. The number of rotatable bonds is 5. The summed E-state index contributed by atoms with van der Waals surface area (Å²) in [5.41, 5.74) is 2.85. The van der Waals surface area contributed by atoms with Crippen LogP contribution in [-0.4, -0.2) is 36.6 Å². The molecule has 106 valence electrons. The van der Waals surface area contributed by atoms with Gasteiger partial charge in [-0.15, -0.1) is 0 Å². The van der Waals surface area contributed by atoms with E-state index in [-0.39, 0.29) is 0 Å². The van der Waals surface area contributed by atoms with Crippen LogP contribution in [0.1, 0.15) is 37.8 Å². The van der Waals surface area contributed by atoms with Crippen LogP contribution in [0.4, 0.5) is 0 Å². The van der Waals surface area contributed by atoms with Gasteiger partial charge in [0.15, 0.2) is 0 Å². The molecule has 2 nitrogen and oxygen atoms in total. The highest BCUT2D eigenvalue weighted by atomic mass is 15.2. The second-order valence-corrected chi connectivity index (χ2v) is 5.81. The molecule has 0 amide bonds. The van der Waals surface area contributed by atoms with Crippen LogP contribution < -0.4 is 5.32 Å². The van der Waals surface area contributed by atoms with Crippen LogP contribution in [-0.2, 0) is 6.42 Å². The summed E-state index contributed by atoms with van der Waals surface area (Å²) in [4.78, 5) is 2.69. The molecule has 0 bridgehead atoms. The fourth-order valence-electron chi connectivity index (χ4n) is 3.02. The predicted molar refractivity (Wildman–Crippen MR) is 82.6 cm³/mol. The molecular weight excluding hydrogens is 232 g/mol. The van der Waals surface area contributed by atoms with E-state index in [0.29, 0.717) is 12.1 Å². The van der Waals surface area contributed by atoms with Crippen LogP contribution in [0.5, 0.6) is 0 Å². The van der Waals surface area contributed by atoms with Gasteiger partial charge >= 0.3 is 0 Å². The first-order chi connectivity index (χ1) is 9.22. The van der Waals surface area contributed by atoms with Crippen molar-refractivity contribution in [2.75, 3.05) is 19.6 Å². The summed E-state index contributed by atoms with van der Waals surface area (Å²) in [6.07, 6.45) is 3.66. The highest BCUT2D eigenvalue weighted by molar-refractivity contribution is 5.22. The Morgan fingerprint density at radius 2 is 2.11 bits per heavy atom. The van der Waals surface area contributed by atoms with Crippen molar-refractivity contribution in [1.82, 2.24) is 10.2 Å². The number of benzene rings is 1. The third-order valence-corrected chi connectivity index (χ3v) is 4.35. The largest absolute Gasteiger partial charge is 0.311 e. The summed E-state index contributed by atoms with van der Waals surface area (Å²) in [6.45, 7) is 10.3. The lowest BCUT2D eigenvalue weighted by molar-refractivity contribution is 0.126. The summed E-state index contributed by atoms with van der Waals surface area (Å²) in [5.74, 6) is 0. The zero-order chi connectivity index (χ0) is 13.7. The smallest absolute Gasteiger partial charge is 0.0218 e. The third kappa shape index (κ3) is 4.05. The number of hydrogen-bond donors (Lipinski definition) is 1. The quantitative estimate of drug-likeness (QED) is 0.875. The summed E-state index contributed by atoms with van der Waals surface area (Å²) < 4.78 is 0. The standard InChI is InChI=1S/C17H28N2/c1-4-16-13-19(17(5-2)12-18-16)10-9-15-8-6-7-14(3)11-15/h6-8,11,16-18H,4-5,9-10,12-13H2,1-3H3. The molecule has 1 aromatic rings. The van der Waals surface area contributed by atoms with Gasteiger partial charge < -0.3 is 5.32 Å². The van der Waals surface area contributed by atoms with Gasteiger partial charge in [0, 0.05) is 31.7 Å². The predicted octanol–water partition coefficient (Wildman–Crippen LogP) is 3.00. The Labute approximate surface area is 118 Å². The zero-order valence-electron chi connectivity index (χ0n) is 12.7. The monoisotopic (exact) mass is 260 g/mol. The average molecular weight is 260 g/mol. The molecule has 1 heterocycles. The highest BCUT2D eigenvalue weighted by Crippen LogP contribution is 2.14. The van der Waals surface area contributed by atoms with Gasteiger partial charge in [-0.05, 0) is 31.7 Å². The van der Waals surface area contributed by atoms with Crippen molar-refractivity contribution in [1.29, 1.82) is 0 Å². The first kappa shape index (κ1) is 14.5. The molecule has 0 aliphatic carbocycles. The number of hydrogen-bond acceptors (Lipinski definition) is 2. The minimum Gasteiger partial charge on any atom is -0.311 e. The van der Waals surface area contributed by atoms with Gasteiger partial charge in [0.05, 0.1) is 0 Å². The molecule has 2 heteroatoms. The van der Waals surface area contributed by atoms with E-state index in [9.17, 15) is 0 Å². The fourth-order valence-corrected chi connectivity index (χ4v) is 3.02. The van der Waals surface area contributed by atoms with Crippen LogP contribution in [0.25, 0.3) is 0 Å². The van der Waals surface area contributed by atoms with Crippen molar-refractivity contribution in [2.45, 2.75) is 52.1 Å². The third-order valence-electron chi connectivity index (χ3n) is 4.35. The van der Waals surface area contributed by atoms with Gasteiger partial charge in [0.1, 0.15) is 0 Å². The molecule has 0 aromatic heterocycles. The molecule has 2 atom stereocenters. The summed E-state index contributed by atoms with van der Waals surface area (Å²) in [5, 5.41) is 3.67. The van der Waals surface area contributed by atoms with Gasteiger partial charge in [-0.1, -0.05) is 43.7 Å². The Kier molecular flexibility index (Phi) is 5.41. The Morgan fingerprint density at radius 1 is 1.26 bits per heavy atom. The summed E-state index contributed by atoms with van der Waals surface area (Å²) in [6, 6.07) is 10.3. The zero-order valence-corrected chi connectivity index (χ0v) is 12.7. The summed E-state index contributed by atoms with van der Waals surface area (Å²) >= 11 is 0. The molecule has 2 unspecified atom stereocenters. The lowest BCUT2D eigenvalue weighted by atomic mass is 10.0.